The minimum absolute atomic E-state index is 0.0463. The summed E-state index contributed by atoms with van der Waals surface area (Å²) >= 11 is 0. The lowest BCUT2D eigenvalue weighted by Gasteiger charge is -2.30. The Kier molecular flexibility index (Phi) is 4.49. The molecule has 0 aliphatic carbocycles. The predicted octanol–water partition coefficient (Wildman–Crippen LogP) is 3.19. The Morgan fingerprint density at radius 2 is 1.81 bits per heavy atom. The first kappa shape index (κ1) is 16.8. The number of fused-ring (bicyclic) bond motifs is 1. The number of nitrogens with zero attached hydrogens (tertiary/aromatic N) is 2. The van der Waals surface area contributed by atoms with Crippen LogP contribution in [0.15, 0.2) is 48.5 Å². The van der Waals surface area contributed by atoms with E-state index in [0.717, 1.165) is 25.1 Å². The van der Waals surface area contributed by atoms with E-state index in [-0.39, 0.29) is 17.7 Å². The van der Waals surface area contributed by atoms with Crippen LogP contribution in [0, 0.1) is 5.92 Å². The van der Waals surface area contributed by atoms with Crippen molar-refractivity contribution in [2.45, 2.75) is 32.7 Å². The van der Waals surface area contributed by atoms with E-state index >= 15 is 0 Å². The molecule has 2 aliphatic heterocycles. The zero-order valence-electron chi connectivity index (χ0n) is 15.1. The van der Waals surface area contributed by atoms with Crippen LogP contribution in [0.5, 0.6) is 0 Å². The van der Waals surface area contributed by atoms with E-state index in [0.29, 0.717) is 19.5 Å². The first-order valence-corrected chi connectivity index (χ1v) is 9.40. The molecule has 0 spiro atoms. The highest BCUT2D eigenvalue weighted by Crippen LogP contribution is 2.28. The van der Waals surface area contributed by atoms with Gasteiger partial charge in [-0.05, 0) is 41.7 Å². The molecule has 0 N–H and O–H groups in total. The van der Waals surface area contributed by atoms with E-state index in [1.54, 1.807) is 4.90 Å². The van der Waals surface area contributed by atoms with E-state index in [1.165, 1.54) is 16.7 Å². The highest BCUT2D eigenvalue weighted by molar-refractivity contribution is 6.00. The summed E-state index contributed by atoms with van der Waals surface area (Å²) in [4.78, 5) is 29.1. The van der Waals surface area contributed by atoms with Crippen LogP contribution in [0.25, 0.3) is 0 Å². The molecule has 0 saturated carbocycles. The summed E-state index contributed by atoms with van der Waals surface area (Å²) in [5.41, 5.74) is 4.70. The summed E-state index contributed by atoms with van der Waals surface area (Å²) in [6.07, 6.45) is 2.18. The van der Waals surface area contributed by atoms with Gasteiger partial charge < -0.3 is 9.80 Å². The number of benzene rings is 2. The largest absolute Gasteiger partial charge is 0.338 e. The van der Waals surface area contributed by atoms with Gasteiger partial charge in [-0.3, -0.25) is 9.59 Å². The van der Waals surface area contributed by atoms with E-state index in [9.17, 15) is 9.59 Å². The molecule has 2 aliphatic rings. The fourth-order valence-corrected chi connectivity index (χ4v) is 3.98. The lowest BCUT2D eigenvalue weighted by Crippen LogP contribution is -2.40. The monoisotopic (exact) mass is 348 g/mol. The van der Waals surface area contributed by atoms with E-state index in [4.69, 9.17) is 0 Å². The van der Waals surface area contributed by atoms with Crippen molar-refractivity contribution in [1.29, 1.82) is 0 Å². The molecule has 1 saturated heterocycles. The van der Waals surface area contributed by atoms with Gasteiger partial charge in [0.25, 0.3) is 0 Å². The quantitative estimate of drug-likeness (QED) is 0.855. The van der Waals surface area contributed by atoms with Crippen LogP contribution in [0.1, 0.15) is 30.0 Å². The Balaban J connectivity index is 1.45. The maximum atomic E-state index is 13.0. The van der Waals surface area contributed by atoms with Crippen molar-refractivity contribution in [2.75, 3.05) is 18.0 Å². The van der Waals surface area contributed by atoms with Gasteiger partial charge in [-0.25, -0.2) is 0 Å². The van der Waals surface area contributed by atoms with Gasteiger partial charge >= 0.3 is 0 Å². The molecule has 1 unspecified atom stereocenters. The number of carbonyl (C=O) groups excluding carboxylic acids is 2. The molecule has 0 bridgehead atoms. The first-order valence-electron chi connectivity index (χ1n) is 9.40. The molecule has 2 aromatic rings. The van der Waals surface area contributed by atoms with Crippen LogP contribution in [0.2, 0.25) is 0 Å². The summed E-state index contributed by atoms with van der Waals surface area (Å²) < 4.78 is 0. The SMILES string of the molecule is CCc1ccc(N2CC(C(=O)N3CCc4ccccc4C3)CC2=O)cc1. The summed E-state index contributed by atoms with van der Waals surface area (Å²) in [7, 11) is 0. The minimum atomic E-state index is -0.237. The molecule has 2 amide bonds. The Morgan fingerprint density at radius 3 is 2.54 bits per heavy atom. The Labute approximate surface area is 154 Å². The molecule has 0 aromatic heterocycles. The second-order valence-electron chi connectivity index (χ2n) is 7.20. The molecule has 4 nitrogen and oxygen atoms in total. The second-order valence-corrected chi connectivity index (χ2v) is 7.20. The van der Waals surface area contributed by atoms with Crippen molar-refractivity contribution in [2.24, 2.45) is 5.92 Å². The fraction of sp³-hybridized carbons (Fsp3) is 0.364. The highest BCUT2D eigenvalue weighted by Gasteiger charge is 2.37. The molecule has 4 heteroatoms. The van der Waals surface area contributed by atoms with Gasteiger partial charge in [-0.2, -0.15) is 0 Å². The smallest absolute Gasteiger partial charge is 0.228 e. The number of hydrogen-bond acceptors (Lipinski definition) is 2. The van der Waals surface area contributed by atoms with Gasteiger partial charge in [-0.15, -0.1) is 0 Å². The zero-order valence-corrected chi connectivity index (χ0v) is 15.1. The van der Waals surface area contributed by atoms with E-state index in [1.807, 2.05) is 29.2 Å². The van der Waals surface area contributed by atoms with Crippen molar-refractivity contribution in [1.82, 2.24) is 4.90 Å². The lowest BCUT2D eigenvalue weighted by molar-refractivity contribution is -0.136. The summed E-state index contributed by atoms with van der Waals surface area (Å²) in [6.45, 7) is 4.00. The number of carbonyl (C=O) groups is 2. The molecule has 1 atom stereocenters. The molecule has 1 fully saturated rings. The van der Waals surface area contributed by atoms with Crippen molar-refractivity contribution in [3.63, 3.8) is 0 Å². The first-order chi connectivity index (χ1) is 12.7. The molecule has 4 rings (SSSR count). The second kappa shape index (κ2) is 6.94. The van der Waals surface area contributed by atoms with E-state index in [2.05, 4.69) is 31.2 Å². The molecule has 2 heterocycles. The third-order valence-electron chi connectivity index (χ3n) is 5.57. The topological polar surface area (TPSA) is 40.6 Å². The fourth-order valence-electron chi connectivity index (χ4n) is 3.98. The van der Waals surface area contributed by atoms with Crippen molar-refractivity contribution in [3.05, 3.63) is 65.2 Å². The third-order valence-corrected chi connectivity index (χ3v) is 5.57. The van der Waals surface area contributed by atoms with E-state index < -0.39 is 0 Å². The Morgan fingerprint density at radius 1 is 1.08 bits per heavy atom. The molecule has 26 heavy (non-hydrogen) atoms. The van der Waals surface area contributed by atoms with Gasteiger partial charge in [-0.1, -0.05) is 43.3 Å². The van der Waals surface area contributed by atoms with Gasteiger partial charge in [0.05, 0.1) is 5.92 Å². The third kappa shape index (κ3) is 3.12. The maximum Gasteiger partial charge on any atom is 0.228 e. The standard InChI is InChI=1S/C22H24N2O2/c1-2-16-7-9-20(10-8-16)24-15-19(13-21(24)25)22(26)23-12-11-17-5-3-4-6-18(17)14-23/h3-10,19H,2,11-15H2,1H3. The lowest BCUT2D eigenvalue weighted by atomic mass is 9.98. The number of rotatable bonds is 3. The average molecular weight is 348 g/mol. The predicted molar refractivity (Wildman–Crippen MR) is 102 cm³/mol. The van der Waals surface area contributed by atoms with Gasteiger partial charge in [0.1, 0.15) is 0 Å². The van der Waals surface area contributed by atoms with Crippen LogP contribution in [0.3, 0.4) is 0 Å². The van der Waals surface area contributed by atoms with Gasteiger partial charge in [0.15, 0.2) is 0 Å². The molecular formula is C22H24N2O2. The zero-order chi connectivity index (χ0) is 18.1. The number of aryl methyl sites for hydroxylation is 1. The van der Waals surface area contributed by atoms with Crippen molar-refractivity contribution >= 4 is 17.5 Å². The maximum absolute atomic E-state index is 13.0. The highest BCUT2D eigenvalue weighted by atomic mass is 16.2. The summed E-state index contributed by atoms with van der Waals surface area (Å²) in [5, 5.41) is 0. The summed E-state index contributed by atoms with van der Waals surface area (Å²) in [6, 6.07) is 16.4. The molecule has 0 radical (unpaired) electrons. The van der Waals surface area contributed by atoms with Gasteiger partial charge in [0.2, 0.25) is 11.8 Å². The number of amides is 2. The molecule has 134 valence electrons. The average Bonchev–Trinajstić information content (AvgIpc) is 3.08. The summed E-state index contributed by atoms with van der Waals surface area (Å²) in [5.74, 6) is -0.0795. The van der Waals surface area contributed by atoms with Crippen molar-refractivity contribution in [3.8, 4) is 0 Å². The number of hydrogen-bond donors (Lipinski definition) is 0. The molecule has 2 aromatic carbocycles. The van der Waals surface area contributed by atoms with Crippen LogP contribution in [-0.2, 0) is 29.0 Å². The van der Waals surface area contributed by atoms with Gasteiger partial charge in [0, 0.05) is 31.7 Å². The normalized spacial score (nSPS) is 19.6. The van der Waals surface area contributed by atoms with Crippen LogP contribution in [-0.4, -0.2) is 29.8 Å². The molecular weight excluding hydrogens is 324 g/mol. The minimum Gasteiger partial charge on any atom is -0.338 e. The Bertz CT molecular complexity index is 828. The van der Waals surface area contributed by atoms with Crippen LogP contribution < -0.4 is 4.90 Å². The van der Waals surface area contributed by atoms with Crippen LogP contribution >= 0.6 is 0 Å². The Hall–Kier alpha value is -2.62. The van der Waals surface area contributed by atoms with Crippen molar-refractivity contribution < 1.29 is 9.59 Å². The number of anilines is 1. The van der Waals surface area contributed by atoms with Crippen LogP contribution in [0.4, 0.5) is 5.69 Å².